The summed E-state index contributed by atoms with van der Waals surface area (Å²) in [6, 6.07) is 7.66. The summed E-state index contributed by atoms with van der Waals surface area (Å²) in [5, 5.41) is 9.67. The largest absolute Gasteiger partial charge is 0.360 e. The van der Waals surface area contributed by atoms with Crippen molar-refractivity contribution in [3.63, 3.8) is 0 Å². The second-order valence-electron chi connectivity index (χ2n) is 5.35. The number of aromatic nitrogens is 2. The van der Waals surface area contributed by atoms with Crippen LogP contribution in [0.4, 0.5) is 11.5 Å². The van der Waals surface area contributed by atoms with E-state index in [4.69, 9.17) is 27.7 Å². The molecule has 132 valence electrons. The maximum Gasteiger partial charge on any atom is 0.258 e. The van der Waals surface area contributed by atoms with Crippen LogP contribution in [0.25, 0.3) is 0 Å². The van der Waals surface area contributed by atoms with Crippen molar-refractivity contribution in [2.45, 2.75) is 6.92 Å². The fraction of sp³-hybridized carbons (Fsp3) is 0.0588. The SMILES string of the molecule is Cc1cc(NC(=O)c2cncc(C(=O)Nc3cc(Cl)cc(Cl)c3)c2)no1. The highest BCUT2D eigenvalue weighted by atomic mass is 35.5. The summed E-state index contributed by atoms with van der Waals surface area (Å²) in [6.45, 7) is 1.71. The molecule has 2 amide bonds. The first kappa shape index (κ1) is 17.9. The number of benzene rings is 1. The quantitative estimate of drug-likeness (QED) is 0.695. The Bertz CT molecular complexity index is 967. The van der Waals surface area contributed by atoms with Crippen LogP contribution in [0.5, 0.6) is 0 Å². The Hall–Kier alpha value is -2.90. The number of hydrogen-bond donors (Lipinski definition) is 2. The van der Waals surface area contributed by atoms with Crippen molar-refractivity contribution in [2.24, 2.45) is 0 Å². The third kappa shape index (κ3) is 4.38. The van der Waals surface area contributed by atoms with Crippen molar-refractivity contribution in [2.75, 3.05) is 10.6 Å². The Balaban J connectivity index is 1.75. The summed E-state index contributed by atoms with van der Waals surface area (Å²) in [5.74, 6) is -0.0864. The molecule has 7 nitrogen and oxygen atoms in total. The highest BCUT2D eigenvalue weighted by Gasteiger charge is 2.13. The molecule has 2 aromatic heterocycles. The van der Waals surface area contributed by atoms with Crippen LogP contribution < -0.4 is 10.6 Å². The Labute approximate surface area is 158 Å². The average Bonchev–Trinajstić information content (AvgIpc) is 2.99. The summed E-state index contributed by atoms with van der Waals surface area (Å²) >= 11 is 11.8. The third-order valence-electron chi connectivity index (χ3n) is 3.25. The molecule has 9 heteroatoms. The number of pyridine rings is 1. The molecule has 2 N–H and O–H groups in total. The molecule has 0 aliphatic carbocycles. The van der Waals surface area contributed by atoms with E-state index >= 15 is 0 Å². The van der Waals surface area contributed by atoms with Crippen molar-refractivity contribution in [1.82, 2.24) is 10.1 Å². The molecule has 0 spiro atoms. The van der Waals surface area contributed by atoms with Gasteiger partial charge in [-0.15, -0.1) is 0 Å². The summed E-state index contributed by atoms with van der Waals surface area (Å²) in [7, 11) is 0. The van der Waals surface area contributed by atoms with E-state index in [1.54, 1.807) is 31.2 Å². The van der Waals surface area contributed by atoms with Gasteiger partial charge in [-0.05, 0) is 31.2 Å². The van der Waals surface area contributed by atoms with Crippen LogP contribution in [-0.2, 0) is 0 Å². The summed E-state index contributed by atoms with van der Waals surface area (Å²) in [6.07, 6.45) is 2.69. The van der Waals surface area contributed by atoms with E-state index in [1.807, 2.05) is 0 Å². The predicted octanol–water partition coefficient (Wildman–Crippen LogP) is 4.19. The molecule has 0 unspecified atom stereocenters. The normalized spacial score (nSPS) is 10.4. The molecule has 26 heavy (non-hydrogen) atoms. The van der Waals surface area contributed by atoms with Crippen LogP contribution in [-0.4, -0.2) is 22.0 Å². The molecule has 0 bridgehead atoms. The lowest BCUT2D eigenvalue weighted by Crippen LogP contribution is -2.16. The second-order valence-corrected chi connectivity index (χ2v) is 6.22. The zero-order chi connectivity index (χ0) is 18.7. The minimum atomic E-state index is -0.466. The molecule has 3 aromatic rings. The van der Waals surface area contributed by atoms with Crippen molar-refractivity contribution in [3.8, 4) is 0 Å². The molecule has 0 aliphatic rings. The zero-order valence-electron chi connectivity index (χ0n) is 13.4. The van der Waals surface area contributed by atoms with Gasteiger partial charge in [-0.3, -0.25) is 14.6 Å². The first-order valence-electron chi connectivity index (χ1n) is 7.38. The van der Waals surface area contributed by atoms with Gasteiger partial charge in [0.05, 0.1) is 11.1 Å². The van der Waals surface area contributed by atoms with E-state index in [0.29, 0.717) is 21.5 Å². The molecule has 1 aromatic carbocycles. The number of nitrogens with zero attached hydrogens (tertiary/aromatic N) is 2. The van der Waals surface area contributed by atoms with Gasteiger partial charge in [0.1, 0.15) is 5.76 Å². The van der Waals surface area contributed by atoms with Crippen LogP contribution in [0.2, 0.25) is 10.0 Å². The number of carbonyl (C=O) groups is 2. The van der Waals surface area contributed by atoms with Crippen molar-refractivity contribution >= 4 is 46.5 Å². The van der Waals surface area contributed by atoms with E-state index in [0.717, 1.165) is 0 Å². The average molecular weight is 391 g/mol. The van der Waals surface area contributed by atoms with E-state index in [9.17, 15) is 9.59 Å². The number of halogens is 2. The molecule has 0 fully saturated rings. The maximum atomic E-state index is 12.4. The predicted molar refractivity (Wildman–Crippen MR) is 97.8 cm³/mol. The molecule has 3 rings (SSSR count). The van der Waals surface area contributed by atoms with Crippen LogP contribution in [0.1, 0.15) is 26.5 Å². The molecule has 0 saturated heterocycles. The second kappa shape index (κ2) is 7.55. The Kier molecular flexibility index (Phi) is 5.20. The first-order valence-corrected chi connectivity index (χ1v) is 8.13. The summed E-state index contributed by atoms with van der Waals surface area (Å²) in [4.78, 5) is 28.6. The highest BCUT2D eigenvalue weighted by molar-refractivity contribution is 6.35. The van der Waals surface area contributed by atoms with Gasteiger partial charge in [-0.2, -0.15) is 0 Å². The van der Waals surface area contributed by atoms with Gasteiger partial charge >= 0.3 is 0 Å². The van der Waals surface area contributed by atoms with Gasteiger partial charge in [0.2, 0.25) is 0 Å². The van der Waals surface area contributed by atoms with Crippen LogP contribution in [0.3, 0.4) is 0 Å². The number of nitrogens with one attached hydrogen (secondary N) is 2. The van der Waals surface area contributed by atoms with E-state index in [-0.39, 0.29) is 16.9 Å². The number of aryl methyl sites for hydroxylation is 1. The Morgan fingerprint density at radius 3 is 2.12 bits per heavy atom. The number of amides is 2. The number of hydrogen-bond acceptors (Lipinski definition) is 5. The third-order valence-corrected chi connectivity index (χ3v) is 3.69. The Morgan fingerprint density at radius 1 is 0.923 bits per heavy atom. The molecule has 0 atom stereocenters. The fourth-order valence-corrected chi connectivity index (χ4v) is 2.66. The number of rotatable bonds is 4. The Morgan fingerprint density at radius 2 is 1.54 bits per heavy atom. The topological polar surface area (TPSA) is 97.1 Å². The standard InChI is InChI=1S/C17H12Cl2N4O3/c1-9-2-15(23-26-9)22-17(25)11-3-10(7-20-8-11)16(24)21-14-5-12(18)4-13(19)6-14/h2-8H,1H3,(H,21,24)(H,22,23,25). The zero-order valence-corrected chi connectivity index (χ0v) is 14.9. The summed E-state index contributed by atoms with van der Waals surface area (Å²) < 4.78 is 4.88. The van der Waals surface area contributed by atoms with E-state index < -0.39 is 11.8 Å². The lowest BCUT2D eigenvalue weighted by molar-refractivity contribution is 0.102. The smallest absolute Gasteiger partial charge is 0.258 e. The van der Waals surface area contributed by atoms with E-state index in [1.165, 1.54) is 18.5 Å². The highest BCUT2D eigenvalue weighted by Crippen LogP contribution is 2.23. The first-order chi connectivity index (χ1) is 12.4. The monoisotopic (exact) mass is 390 g/mol. The molecule has 0 aliphatic heterocycles. The molecule has 2 heterocycles. The van der Waals surface area contributed by atoms with Gasteiger partial charge in [-0.1, -0.05) is 28.4 Å². The molecular formula is C17H12Cl2N4O3. The number of carbonyl (C=O) groups excluding carboxylic acids is 2. The van der Waals surface area contributed by atoms with Gasteiger partial charge in [0.25, 0.3) is 11.8 Å². The maximum absolute atomic E-state index is 12.4. The van der Waals surface area contributed by atoms with Crippen molar-refractivity contribution < 1.29 is 14.1 Å². The van der Waals surface area contributed by atoms with Crippen molar-refractivity contribution in [3.05, 3.63) is 69.7 Å². The summed E-state index contributed by atoms with van der Waals surface area (Å²) in [5.41, 5.74) is 0.827. The fourth-order valence-electron chi connectivity index (χ4n) is 2.13. The van der Waals surface area contributed by atoms with Crippen LogP contribution in [0.15, 0.2) is 47.2 Å². The van der Waals surface area contributed by atoms with Crippen LogP contribution >= 0.6 is 23.2 Å². The van der Waals surface area contributed by atoms with Crippen LogP contribution in [0, 0.1) is 6.92 Å². The minimum Gasteiger partial charge on any atom is -0.360 e. The van der Waals surface area contributed by atoms with Gasteiger partial charge in [0.15, 0.2) is 5.82 Å². The minimum absolute atomic E-state index is 0.197. The number of anilines is 2. The van der Waals surface area contributed by atoms with Crippen molar-refractivity contribution in [1.29, 1.82) is 0 Å². The van der Waals surface area contributed by atoms with E-state index in [2.05, 4.69) is 20.8 Å². The molecular weight excluding hydrogens is 379 g/mol. The molecule has 0 saturated carbocycles. The van der Waals surface area contributed by atoms with Gasteiger partial charge in [-0.25, -0.2) is 0 Å². The lowest BCUT2D eigenvalue weighted by atomic mass is 10.2. The van der Waals surface area contributed by atoms with Gasteiger partial charge in [0, 0.05) is 34.2 Å². The van der Waals surface area contributed by atoms with Gasteiger partial charge < -0.3 is 15.2 Å². The molecule has 0 radical (unpaired) electrons. The lowest BCUT2D eigenvalue weighted by Gasteiger charge is -2.07.